The summed E-state index contributed by atoms with van der Waals surface area (Å²) in [5.41, 5.74) is 2.09. The van der Waals surface area contributed by atoms with Crippen molar-refractivity contribution >= 4 is 0 Å². The molecule has 0 aliphatic heterocycles. The molecule has 0 radical (unpaired) electrons. The Labute approximate surface area is 119 Å². The van der Waals surface area contributed by atoms with Crippen molar-refractivity contribution in [1.29, 1.82) is 0 Å². The van der Waals surface area contributed by atoms with Crippen LogP contribution in [0, 0.1) is 0 Å². The standard InChI is InChI=1S/C15H21N3O2/c1-11(16-10-12-7-8-18(2)17-12)14-9-13(19-3)5-6-15(14)20-4/h5-9,11,16H,10H2,1-4H3. The summed E-state index contributed by atoms with van der Waals surface area (Å²) in [6.07, 6.45) is 1.94. The first-order chi connectivity index (χ1) is 9.63. The highest BCUT2D eigenvalue weighted by Crippen LogP contribution is 2.29. The Morgan fingerprint density at radius 1 is 1.25 bits per heavy atom. The van der Waals surface area contributed by atoms with E-state index in [0.29, 0.717) is 6.54 Å². The van der Waals surface area contributed by atoms with E-state index < -0.39 is 0 Å². The van der Waals surface area contributed by atoms with E-state index in [1.807, 2.05) is 37.5 Å². The maximum atomic E-state index is 5.41. The van der Waals surface area contributed by atoms with Gasteiger partial charge >= 0.3 is 0 Å². The fourth-order valence-corrected chi connectivity index (χ4v) is 2.10. The van der Waals surface area contributed by atoms with Crippen molar-refractivity contribution in [2.45, 2.75) is 19.5 Å². The van der Waals surface area contributed by atoms with E-state index in [1.165, 1.54) is 0 Å². The Kier molecular flexibility index (Phi) is 4.63. The van der Waals surface area contributed by atoms with Crippen LogP contribution in [0.5, 0.6) is 11.5 Å². The lowest BCUT2D eigenvalue weighted by molar-refractivity contribution is 0.391. The maximum Gasteiger partial charge on any atom is 0.123 e. The second-order valence-electron chi connectivity index (χ2n) is 4.69. The highest BCUT2D eigenvalue weighted by molar-refractivity contribution is 5.42. The van der Waals surface area contributed by atoms with Crippen LogP contribution in [0.4, 0.5) is 0 Å². The van der Waals surface area contributed by atoms with Gasteiger partial charge in [0.1, 0.15) is 11.5 Å². The maximum absolute atomic E-state index is 5.41. The summed E-state index contributed by atoms with van der Waals surface area (Å²) < 4.78 is 12.5. The second-order valence-corrected chi connectivity index (χ2v) is 4.69. The Bertz CT molecular complexity index is 566. The lowest BCUT2D eigenvalue weighted by atomic mass is 10.1. The Hall–Kier alpha value is -2.01. The predicted octanol–water partition coefficient (Wildman–Crippen LogP) is 2.29. The zero-order chi connectivity index (χ0) is 14.5. The number of hydrogen-bond acceptors (Lipinski definition) is 4. The van der Waals surface area contributed by atoms with Crippen molar-refractivity contribution in [3.63, 3.8) is 0 Å². The van der Waals surface area contributed by atoms with Crippen LogP contribution in [0.1, 0.15) is 24.2 Å². The van der Waals surface area contributed by atoms with Gasteiger partial charge in [0.2, 0.25) is 0 Å². The average Bonchev–Trinajstić information content (AvgIpc) is 2.89. The van der Waals surface area contributed by atoms with Gasteiger partial charge in [0.15, 0.2) is 0 Å². The van der Waals surface area contributed by atoms with E-state index in [1.54, 1.807) is 18.9 Å². The Balaban J connectivity index is 2.09. The minimum Gasteiger partial charge on any atom is -0.497 e. The molecule has 0 spiro atoms. The van der Waals surface area contributed by atoms with Crippen molar-refractivity contribution in [1.82, 2.24) is 15.1 Å². The number of aryl methyl sites for hydroxylation is 1. The molecule has 0 fully saturated rings. The summed E-state index contributed by atoms with van der Waals surface area (Å²) in [7, 11) is 5.26. The van der Waals surface area contributed by atoms with Crippen LogP contribution < -0.4 is 14.8 Å². The summed E-state index contributed by atoms with van der Waals surface area (Å²) in [6.45, 7) is 2.81. The third-order valence-corrected chi connectivity index (χ3v) is 3.26. The van der Waals surface area contributed by atoms with E-state index in [4.69, 9.17) is 9.47 Å². The number of aromatic nitrogens is 2. The molecule has 5 nitrogen and oxygen atoms in total. The van der Waals surface area contributed by atoms with Gasteiger partial charge in [-0.2, -0.15) is 5.10 Å². The predicted molar refractivity (Wildman–Crippen MR) is 78.0 cm³/mol. The monoisotopic (exact) mass is 275 g/mol. The topological polar surface area (TPSA) is 48.3 Å². The number of hydrogen-bond donors (Lipinski definition) is 1. The third-order valence-electron chi connectivity index (χ3n) is 3.26. The van der Waals surface area contributed by atoms with Crippen LogP contribution in [0.3, 0.4) is 0 Å². The van der Waals surface area contributed by atoms with E-state index in [2.05, 4.69) is 17.3 Å². The molecule has 0 bridgehead atoms. The van der Waals surface area contributed by atoms with E-state index in [-0.39, 0.29) is 6.04 Å². The lowest BCUT2D eigenvalue weighted by Gasteiger charge is -2.17. The summed E-state index contributed by atoms with van der Waals surface area (Å²) in [5, 5.41) is 7.79. The molecule has 0 amide bonds. The van der Waals surface area contributed by atoms with Crippen molar-refractivity contribution in [3.05, 3.63) is 41.7 Å². The zero-order valence-electron chi connectivity index (χ0n) is 12.4. The molecule has 108 valence electrons. The Morgan fingerprint density at radius 2 is 2.05 bits per heavy atom. The van der Waals surface area contributed by atoms with Crippen LogP contribution >= 0.6 is 0 Å². The summed E-state index contributed by atoms with van der Waals surface area (Å²) in [6, 6.07) is 7.96. The number of rotatable bonds is 6. The zero-order valence-corrected chi connectivity index (χ0v) is 12.4. The lowest BCUT2D eigenvalue weighted by Crippen LogP contribution is -2.19. The number of nitrogens with one attached hydrogen (secondary N) is 1. The molecule has 0 saturated heterocycles. The number of benzene rings is 1. The molecule has 1 aromatic carbocycles. The molecule has 1 unspecified atom stereocenters. The molecule has 0 aliphatic rings. The van der Waals surface area contributed by atoms with Gasteiger partial charge in [-0.05, 0) is 31.2 Å². The molecule has 1 N–H and O–H groups in total. The molecule has 1 atom stereocenters. The molecule has 20 heavy (non-hydrogen) atoms. The van der Waals surface area contributed by atoms with Gasteiger partial charge in [-0.3, -0.25) is 4.68 Å². The van der Waals surface area contributed by atoms with Crippen molar-refractivity contribution < 1.29 is 9.47 Å². The molecule has 2 aromatic rings. The first kappa shape index (κ1) is 14.4. The van der Waals surface area contributed by atoms with Gasteiger partial charge in [-0.25, -0.2) is 0 Å². The van der Waals surface area contributed by atoms with Crippen molar-refractivity contribution in [3.8, 4) is 11.5 Å². The largest absolute Gasteiger partial charge is 0.497 e. The third kappa shape index (κ3) is 3.30. The van der Waals surface area contributed by atoms with Gasteiger partial charge in [-0.1, -0.05) is 0 Å². The van der Waals surface area contributed by atoms with Crippen molar-refractivity contribution in [2.75, 3.05) is 14.2 Å². The van der Waals surface area contributed by atoms with Crippen LogP contribution in [0.15, 0.2) is 30.5 Å². The van der Waals surface area contributed by atoms with Crippen LogP contribution in [-0.2, 0) is 13.6 Å². The minimum atomic E-state index is 0.141. The van der Waals surface area contributed by atoms with Gasteiger partial charge in [-0.15, -0.1) is 0 Å². The first-order valence-corrected chi connectivity index (χ1v) is 6.58. The van der Waals surface area contributed by atoms with Gasteiger partial charge in [0.25, 0.3) is 0 Å². The highest BCUT2D eigenvalue weighted by Gasteiger charge is 2.12. The Morgan fingerprint density at radius 3 is 2.65 bits per heavy atom. The summed E-state index contributed by atoms with van der Waals surface area (Å²) in [5.74, 6) is 1.68. The molecule has 5 heteroatoms. The van der Waals surface area contributed by atoms with Gasteiger partial charge in [0, 0.05) is 31.4 Å². The molecule has 2 rings (SSSR count). The fraction of sp³-hybridized carbons (Fsp3) is 0.400. The fourth-order valence-electron chi connectivity index (χ4n) is 2.10. The SMILES string of the molecule is COc1ccc(OC)c(C(C)NCc2ccn(C)n2)c1. The van der Waals surface area contributed by atoms with Gasteiger partial charge in [0.05, 0.1) is 19.9 Å². The second kappa shape index (κ2) is 6.43. The number of ether oxygens (including phenoxy) is 2. The van der Waals surface area contributed by atoms with E-state index in [0.717, 1.165) is 22.8 Å². The smallest absolute Gasteiger partial charge is 0.123 e. The van der Waals surface area contributed by atoms with E-state index >= 15 is 0 Å². The van der Waals surface area contributed by atoms with Crippen LogP contribution in [0.2, 0.25) is 0 Å². The first-order valence-electron chi connectivity index (χ1n) is 6.58. The molecular formula is C15H21N3O2. The molecule has 1 heterocycles. The summed E-state index contributed by atoms with van der Waals surface area (Å²) >= 11 is 0. The van der Waals surface area contributed by atoms with Gasteiger partial charge < -0.3 is 14.8 Å². The molecule has 0 saturated carbocycles. The average molecular weight is 275 g/mol. The van der Waals surface area contributed by atoms with Crippen LogP contribution in [-0.4, -0.2) is 24.0 Å². The number of methoxy groups -OCH3 is 2. The minimum absolute atomic E-state index is 0.141. The molecule has 0 aliphatic carbocycles. The quantitative estimate of drug-likeness (QED) is 0.878. The normalized spacial score (nSPS) is 12.2. The van der Waals surface area contributed by atoms with E-state index in [9.17, 15) is 0 Å². The highest BCUT2D eigenvalue weighted by atomic mass is 16.5. The van der Waals surface area contributed by atoms with Crippen LogP contribution in [0.25, 0.3) is 0 Å². The molecule has 1 aromatic heterocycles. The molecular weight excluding hydrogens is 254 g/mol. The number of nitrogens with zero attached hydrogens (tertiary/aromatic N) is 2. The van der Waals surface area contributed by atoms with Crippen molar-refractivity contribution in [2.24, 2.45) is 7.05 Å². The summed E-state index contributed by atoms with van der Waals surface area (Å²) in [4.78, 5) is 0.